The van der Waals surface area contributed by atoms with Gasteiger partial charge in [0.2, 0.25) is 0 Å². The quantitative estimate of drug-likeness (QED) is 0.768. The van der Waals surface area contributed by atoms with Crippen molar-refractivity contribution in [2.75, 3.05) is 18.4 Å². The summed E-state index contributed by atoms with van der Waals surface area (Å²) in [5, 5.41) is 15.1. The lowest BCUT2D eigenvalue weighted by molar-refractivity contribution is 0.627. The maximum Gasteiger partial charge on any atom is 0.126 e. The zero-order valence-corrected chi connectivity index (χ0v) is 8.26. The van der Waals surface area contributed by atoms with Gasteiger partial charge in [0.05, 0.1) is 11.6 Å². The SMILES string of the molecule is N#Cc1cc(F)cc(NC2CCNC2)c1. The molecule has 3 nitrogen and oxygen atoms in total. The van der Waals surface area contributed by atoms with E-state index in [2.05, 4.69) is 10.6 Å². The number of hydrogen-bond acceptors (Lipinski definition) is 3. The minimum atomic E-state index is -0.373. The molecule has 1 fully saturated rings. The predicted octanol–water partition coefficient (Wildman–Crippen LogP) is 1.47. The molecule has 0 amide bonds. The van der Waals surface area contributed by atoms with E-state index in [1.807, 2.05) is 6.07 Å². The number of rotatable bonds is 2. The summed E-state index contributed by atoms with van der Waals surface area (Å²) in [5.41, 5.74) is 1.03. The fraction of sp³-hybridized carbons (Fsp3) is 0.364. The second kappa shape index (κ2) is 4.28. The standard InChI is InChI=1S/C11H12FN3/c12-9-3-8(6-13)4-11(5-9)15-10-1-2-14-7-10/h3-5,10,14-15H,1-2,7H2. The van der Waals surface area contributed by atoms with Crippen molar-refractivity contribution in [3.63, 3.8) is 0 Å². The lowest BCUT2D eigenvalue weighted by Gasteiger charge is -2.12. The lowest BCUT2D eigenvalue weighted by Crippen LogP contribution is -2.22. The normalized spacial score (nSPS) is 19.9. The average Bonchev–Trinajstić information content (AvgIpc) is 2.69. The van der Waals surface area contributed by atoms with Crippen LogP contribution in [0.15, 0.2) is 18.2 Å². The van der Waals surface area contributed by atoms with Crippen LogP contribution in [0, 0.1) is 17.1 Å². The Morgan fingerprint density at radius 3 is 3.00 bits per heavy atom. The van der Waals surface area contributed by atoms with Crippen LogP contribution >= 0.6 is 0 Å². The first-order chi connectivity index (χ1) is 7.28. The van der Waals surface area contributed by atoms with Crippen LogP contribution in [0.4, 0.5) is 10.1 Å². The van der Waals surface area contributed by atoms with Crippen molar-refractivity contribution in [2.45, 2.75) is 12.5 Å². The molecular formula is C11H12FN3. The molecule has 4 heteroatoms. The van der Waals surface area contributed by atoms with E-state index < -0.39 is 0 Å². The molecule has 0 radical (unpaired) electrons. The van der Waals surface area contributed by atoms with Gasteiger partial charge in [-0.05, 0) is 31.2 Å². The van der Waals surface area contributed by atoms with Crippen LogP contribution in [0.1, 0.15) is 12.0 Å². The van der Waals surface area contributed by atoms with E-state index >= 15 is 0 Å². The summed E-state index contributed by atoms with van der Waals surface area (Å²) < 4.78 is 13.1. The highest BCUT2D eigenvalue weighted by atomic mass is 19.1. The van der Waals surface area contributed by atoms with E-state index in [9.17, 15) is 4.39 Å². The van der Waals surface area contributed by atoms with Crippen molar-refractivity contribution in [3.8, 4) is 6.07 Å². The highest BCUT2D eigenvalue weighted by Crippen LogP contribution is 2.16. The largest absolute Gasteiger partial charge is 0.381 e. The smallest absolute Gasteiger partial charge is 0.126 e. The number of nitrogens with one attached hydrogen (secondary N) is 2. The highest BCUT2D eigenvalue weighted by molar-refractivity contribution is 5.50. The molecule has 0 spiro atoms. The monoisotopic (exact) mass is 205 g/mol. The number of benzene rings is 1. The van der Waals surface area contributed by atoms with Crippen molar-refractivity contribution in [1.82, 2.24) is 5.32 Å². The van der Waals surface area contributed by atoms with Crippen LogP contribution in [0.2, 0.25) is 0 Å². The van der Waals surface area contributed by atoms with Gasteiger partial charge >= 0.3 is 0 Å². The van der Waals surface area contributed by atoms with Gasteiger partial charge in [-0.3, -0.25) is 0 Å². The molecule has 1 unspecified atom stereocenters. The molecule has 1 aliphatic rings. The minimum absolute atomic E-state index is 0.332. The molecule has 1 aliphatic heterocycles. The van der Waals surface area contributed by atoms with E-state index in [1.165, 1.54) is 12.1 Å². The molecule has 0 saturated carbocycles. The molecule has 2 rings (SSSR count). The third-order valence-corrected chi connectivity index (χ3v) is 2.46. The first kappa shape index (κ1) is 9.94. The Morgan fingerprint density at radius 2 is 2.33 bits per heavy atom. The molecule has 0 aliphatic carbocycles. The number of halogens is 1. The first-order valence-electron chi connectivity index (χ1n) is 4.96. The number of hydrogen-bond donors (Lipinski definition) is 2. The van der Waals surface area contributed by atoms with Gasteiger partial charge in [-0.15, -0.1) is 0 Å². The third kappa shape index (κ3) is 2.45. The number of nitriles is 1. The highest BCUT2D eigenvalue weighted by Gasteiger charge is 2.14. The molecule has 15 heavy (non-hydrogen) atoms. The number of anilines is 1. The van der Waals surface area contributed by atoms with Gasteiger partial charge in [0.15, 0.2) is 0 Å². The molecule has 1 aromatic rings. The Balaban J connectivity index is 2.13. The van der Waals surface area contributed by atoms with Crippen LogP contribution in [0.5, 0.6) is 0 Å². The van der Waals surface area contributed by atoms with Crippen molar-refractivity contribution in [2.24, 2.45) is 0 Å². The first-order valence-corrected chi connectivity index (χ1v) is 4.96. The lowest BCUT2D eigenvalue weighted by atomic mass is 10.2. The Kier molecular flexibility index (Phi) is 2.84. The summed E-state index contributed by atoms with van der Waals surface area (Å²) in [7, 11) is 0. The number of nitrogens with zero attached hydrogens (tertiary/aromatic N) is 1. The van der Waals surface area contributed by atoms with Gasteiger partial charge in [-0.2, -0.15) is 5.26 Å². The van der Waals surface area contributed by atoms with Crippen LogP contribution in [-0.2, 0) is 0 Å². The summed E-state index contributed by atoms with van der Waals surface area (Å²) in [6.45, 7) is 1.87. The van der Waals surface area contributed by atoms with E-state index in [0.717, 1.165) is 19.5 Å². The van der Waals surface area contributed by atoms with Crippen molar-refractivity contribution in [3.05, 3.63) is 29.6 Å². The second-order valence-electron chi connectivity index (χ2n) is 3.67. The van der Waals surface area contributed by atoms with Gasteiger partial charge < -0.3 is 10.6 Å². The fourth-order valence-electron chi connectivity index (χ4n) is 1.75. The second-order valence-corrected chi connectivity index (χ2v) is 3.67. The Bertz CT molecular complexity index is 391. The predicted molar refractivity (Wildman–Crippen MR) is 56.0 cm³/mol. The Hall–Kier alpha value is -1.60. The topological polar surface area (TPSA) is 47.9 Å². The molecule has 1 aromatic carbocycles. The average molecular weight is 205 g/mol. The molecule has 1 heterocycles. The van der Waals surface area contributed by atoms with Crippen LogP contribution < -0.4 is 10.6 Å². The van der Waals surface area contributed by atoms with Gasteiger partial charge in [0.25, 0.3) is 0 Å². The molecule has 0 bridgehead atoms. The van der Waals surface area contributed by atoms with E-state index in [1.54, 1.807) is 6.07 Å². The van der Waals surface area contributed by atoms with Crippen LogP contribution in [0.3, 0.4) is 0 Å². The van der Waals surface area contributed by atoms with E-state index in [-0.39, 0.29) is 5.82 Å². The van der Waals surface area contributed by atoms with Crippen LogP contribution in [-0.4, -0.2) is 19.1 Å². The summed E-state index contributed by atoms with van der Waals surface area (Å²) in [4.78, 5) is 0. The zero-order chi connectivity index (χ0) is 10.7. The molecule has 78 valence electrons. The molecule has 1 saturated heterocycles. The van der Waals surface area contributed by atoms with Crippen molar-refractivity contribution < 1.29 is 4.39 Å². The maximum absolute atomic E-state index is 13.1. The summed E-state index contributed by atoms with van der Waals surface area (Å²) >= 11 is 0. The Morgan fingerprint density at radius 1 is 1.47 bits per heavy atom. The van der Waals surface area contributed by atoms with Gasteiger partial charge in [0.1, 0.15) is 5.82 Å². The zero-order valence-electron chi connectivity index (χ0n) is 8.26. The van der Waals surface area contributed by atoms with Gasteiger partial charge in [-0.1, -0.05) is 0 Å². The minimum Gasteiger partial charge on any atom is -0.381 e. The molecule has 1 atom stereocenters. The fourth-order valence-corrected chi connectivity index (χ4v) is 1.75. The molecule has 2 N–H and O–H groups in total. The van der Waals surface area contributed by atoms with E-state index in [0.29, 0.717) is 17.3 Å². The van der Waals surface area contributed by atoms with Gasteiger partial charge in [0, 0.05) is 18.3 Å². The third-order valence-electron chi connectivity index (χ3n) is 2.46. The van der Waals surface area contributed by atoms with Crippen molar-refractivity contribution in [1.29, 1.82) is 5.26 Å². The van der Waals surface area contributed by atoms with Crippen molar-refractivity contribution >= 4 is 5.69 Å². The summed E-state index contributed by atoms with van der Waals surface area (Å²) in [6.07, 6.45) is 1.03. The van der Waals surface area contributed by atoms with Crippen LogP contribution in [0.25, 0.3) is 0 Å². The summed E-state index contributed by atoms with van der Waals surface area (Å²) in [6, 6.07) is 6.59. The van der Waals surface area contributed by atoms with E-state index in [4.69, 9.17) is 5.26 Å². The summed E-state index contributed by atoms with van der Waals surface area (Å²) in [5.74, 6) is -0.373. The maximum atomic E-state index is 13.1. The Labute approximate surface area is 87.9 Å². The molecular weight excluding hydrogens is 193 g/mol. The molecule has 0 aromatic heterocycles. The van der Waals surface area contributed by atoms with Gasteiger partial charge in [-0.25, -0.2) is 4.39 Å².